The van der Waals surface area contributed by atoms with Crippen molar-refractivity contribution in [1.82, 2.24) is 5.43 Å². The summed E-state index contributed by atoms with van der Waals surface area (Å²) < 4.78 is 22.4. The molecule has 1 N–H and O–H groups in total. The fourth-order valence-electron chi connectivity index (χ4n) is 3.57. The number of methoxy groups -OCH3 is 1. The van der Waals surface area contributed by atoms with E-state index in [9.17, 15) is 9.59 Å². The van der Waals surface area contributed by atoms with Crippen molar-refractivity contribution in [3.8, 4) is 23.0 Å². The Kier molecular flexibility index (Phi) is 8.14. The van der Waals surface area contributed by atoms with Crippen LogP contribution in [0, 0.1) is 0 Å². The van der Waals surface area contributed by atoms with Gasteiger partial charge in [-0.15, -0.1) is 0 Å². The van der Waals surface area contributed by atoms with Crippen molar-refractivity contribution < 1.29 is 28.5 Å². The molecule has 0 saturated carbocycles. The number of benzene rings is 3. The second-order valence-corrected chi connectivity index (χ2v) is 10.3. The summed E-state index contributed by atoms with van der Waals surface area (Å²) >= 11 is 12.0. The van der Waals surface area contributed by atoms with Gasteiger partial charge in [0, 0.05) is 5.02 Å². The minimum atomic E-state index is -0.856. The van der Waals surface area contributed by atoms with Gasteiger partial charge in [0.1, 0.15) is 6.61 Å². The molecule has 0 saturated heterocycles. The van der Waals surface area contributed by atoms with Crippen LogP contribution in [-0.2, 0) is 10.2 Å². The quantitative estimate of drug-likeness (QED) is 0.178. The SMILES string of the molecule is COc1cc(C=NNC(=O)C2COc3ccc(C(C)(C)C)cc3O2)ccc1OC(=O)c1ccc(Cl)cc1Cl. The normalized spacial score (nSPS) is 14.7. The van der Waals surface area contributed by atoms with Crippen molar-refractivity contribution in [3.05, 3.63) is 81.3 Å². The van der Waals surface area contributed by atoms with Gasteiger partial charge in [0.2, 0.25) is 6.10 Å². The number of hydrogen-bond acceptors (Lipinski definition) is 7. The molecule has 38 heavy (non-hydrogen) atoms. The summed E-state index contributed by atoms with van der Waals surface area (Å²) in [5.74, 6) is 0.467. The first kappa shape index (κ1) is 27.3. The van der Waals surface area contributed by atoms with Crippen molar-refractivity contribution >= 4 is 41.3 Å². The highest BCUT2D eigenvalue weighted by molar-refractivity contribution is 6.36. The van der Waals surface area contributed by atoms with Gasteiger partial charge < -0.3 is 18.9 Å². The molecule has 1 atom stereocenters. The molecule has 0 aliphatic carbocycles. The number of amides is 1. The summed E-state index contributed by atoms with van der Waals surface area (Å²) in [5, 5.41) is 4.59. The zero-order valence-electron chi connectivity index (χ0n) is 21.2. The highest BCUT2D eigenvalue weighted by Crippen LogP contribution is 2.36. The Morgan fingerprint density at radius 2 is 1.82 bits per heavy atom. The number of ether oxygens (including phenoxy) is 4. The Morgan fingerprint density at radius 3 is 2.53 bits per heavy atom. The molecule has 1 aliphatic rings. The van der Waals surface area contributed by atoms with E-state index in [0.29, 0.717) is 22.1 Å². The van der Waals surface area contributed by atoms with Gasteiger partial charge in [0.15, 0.2) is 23.0 Å². The van der Waals surface area contributed by atoms with Crippen LogP contribution in [0.25, 0.3) is 0 Å². The average molecular weight is 557 g/mol. The second kappa shape index (κ2) is 11.3. The summed E-state index contributed by atoms with van der Waals surface area (Å²) in [6.45, 7) is 6.35. The third kappa shape index (κ3) is 6.38. The molecule has 4 rings (SSSR count). The van der Waals surface area contributed by atoms with E-state index in [4.69, 9.17) is 42.1 Å². The van der Waals surface area contributed by atoms with Gasteiger partial charge in [0.25, 0.3) is 5.91 Å². The van der Waals surface area contributed by atoms with E-state index < -0.39 is 18.0 Å². The Labute approximate surface area is 230 Å². The summed E-state index contributed by atoms with van der Waals surface area (Å²) in [6.07, 6.45) is 0.572. The van der Waals surface area contributed by atoms with Crippen LogP contribution in [0.1, 0.15) is 42.3 Å². The molecular weight excluding hydrogens is 531 g/mol. The highest BCUT2D eigenvalue weighted by atomic mass is 35.5. The van der Waals surface area contributed by atoms with Gasteiger partial charge in [-0.1, -0.05) is 50.0 Å². The zero-order chi connectivity index (χ0) is 27.4. The van der Waals surface area contributed by atoms with E-state index in [1.165, 1.54) is 25.5 Å². The van der Waals surface area contributed by atoms with E-state index in [-0.39, 0.29) is 34.1 Å². The number of halogens is 2. The Balaban J connectivity index is 1.39. The van der Waals surface area contributed by atoms with Crippen LogP contribution in [0.15, 0.2) is 59.7 Å². The predicted octanol–water partition coefficient (Wildman–Crippen LogP) is 5.81. The third-order valence-electron chi connectivity index (χ3n) is 5.69. The van der Waals surface area contributed by atoms with Crippen LogP contribution in [0.2, 0.25) is 10.0 Å². The van der Waals surface area contributed by atoms with Crippen molar-refractivity contribution in [1.29, 1.82) is 0 Å². The molecule has 0 bridgehead atoms. The maximum Gasteiger partial charge on any atom is 0.345 e. The molecule has 3 aromatic carbocycles. The molecule has 3 aromatic rings. The molecule has 198 valence electrons. The summed E-state index contributed by atoms with van der Waals surface area (Å²) in [7, 11) is 1.44. The van der Waals surface area contributed by atoms with Crippen molar-refractivity contribution in [2.24, 2.45) is 5.10 Å². The molecular formula is C28H26Cl2N2O6. The molecule has 0 radical (unpaired) electrons. The number of nitrogens with zero attached hydrogens (tertiary/aromatic N) is 1. The smallest absolute Gasteiger partial charge is 0.345 e. The summed E-state index contributed by atoms with van der Waals surface area (Å²) in [6, 6.07) is 15.0. The Morgan fingerprint density at radius 1 is 1.03 bits per heavy atom. The topological polar surface area (TPSA) is 95.5 Å². The molecule has 1 unspecified atom stereocenters. The lowest BCUT2D eigenvalue weighted by Gasteiger charge is -2.27. The standard InChI is InChI=1S/C28H26Cl2N2O6/c1-28(2,3)17-6-10-21-24(12-17)37-25(15-36-21)26(33)32-31-14-16-5-9-22(23(11-16)35-4)38-27(34)19-8-7-18(29)13-20(19)30/h5-14,25H,15H2,1-4H3,(H,32,33). The van der Waals surface area contributed by atoms with Crippen molar-refractivity contribution in [2.45, 2.75) is 32.3 Å². The first-order valence-corrected chi connectivity index (χ1v) is 12.4. The Bertz CT molecular complexity index is 1400. The predicted molar refractivity (Wildman–Crippen MR) is 145 cm³/mol. The second-order valence-electron chi connectivity index (χ2n) is 9.49. The monoisotopic (exact) mass is 556 g/mol. The number of hydrazone groups is 1. The molecule has 1 aliphatic heterocycles. The van der Waals surface area contributed by atoms with Gasteiger partial charge in [0.05, 0.1) is 23.9 Å². The van der Waals surface area contributed by atoms with Crippen LogP contribution in [0.5, 0.6) is 23.0 Å². The van der Waals surface area contributed by atoms with Gasteiger partial charge >= 0.3 is 5.97 Å². The van der Waals surface area contributed by atoms with Crippen LogP contribution in [0.3, 0.4) is 0 Å². The number of fused-ring (bicyclic) bond motifs is 1. The van der Waals surface area contributed by atoms with Gasteiger partial charge in [-0.25, -0.2) is 10.2 Å². The largest absolute Gasteiger partial charge is 0.493 e. The molecule has 0 spiro atoms. The van der Waals surface area contributed by atoms with E-state index >= 15 is 0 Å². The number of carbonyl (C=O) groups excluding carboxylic acids is 2. The third-order valence-corrected chi connectivity index (χ3v) is 6.24. The van der Waals surface area contributed by atoms with Crippen LogP contribution >= 0.6 is 23.2 Å². The van der Waals surface area contributed by atoms with E-state index in [0.717, 1.165) is 5.56 Å². The lowest BCUT2D eigenvalue weighted by Crippen LogP contribution is -2.42. The number of carbonyl (C=O) groups is 2. The molecule has 0 fully saturated rings. The average Bonchev–Trinajstić information content (AvgIpc) is 2.88. The highest BCUT2D eigenvalue weighted by Gasteiger charge is 2.28. The molecule has 1 heterocycles. The van der Waals surface area contributed by atoms with E-state index in [2.05, 4.69) is 31.3 Å². The van der Waals surface area contributed by atoms with E-state index in [1.54, 1.807) is 24.3 Å². The lowest BCUT2D eigenvalue weighted by atomic mass is 9.87. The van der Waals surface area contributed by atoms with Crippen LogP contribution < -0.4 is 24.4 Å². The first-order chi connectivity index (χ1) is 18.0. The number of nitrogens with one attached hydrogen (secondary N) is 1. The van der Waals surface area contributed by atoms with Crippen LogP contribution in [-0.4, -0.2) is 37.9 Å². The number of esters is 1. The van der Waals surface area contributed by atoms with Gasteiger partial charge in [-0.3, -0.25) is 4.79 Å². The van der Waals surface area contributed by atoms with Crippen molar-refractivity contribution in [2.75, 3.05) is 13.7 Å². The minimum Gasteiger partial charge on any atom is -0.493 e. The Hall–Kier alpha value is -3.75. The van der Waals surface area contributed by atoms with E-state index in [1.807, 2.05) is 18.2 Å². The molecule has 1 amide bonds. The van der Waals surface area contributed by atoms with Crippen molar-refractivity contribution in [3.63, 3.8) is 0 Å². The minimum absolute atomic E-state index is 0.0642. The zero-order valence-corrected chi connectivity index (χ0v) is 22.7. The maximum absolute atomic E-state index is 12.6. The number of hydrogen-bond donors (Lipinski definition) is 1. The van der Waals surface area contributed by atoms with Gasteiger partial charge in [-0.05, 0) is 65.1 Å². The number of rotatable bonds is 6. The first-order valence-electron chi connectivity index (χ1n) is 11.7. The van der Waals surface area contributed by atoms with Crippen LogP contribution in [0.4, 0.5) is 0 Å². The van der Waals surface area contributed by atoms with Gasteiger partial charge in [-0.2, -0.15) is 5.10 Å². The lowest BCUT2D eigenvalue weighted by molar-refractivity contribution is -0.130. The fraction of sp³-hybridized carbons (Fsp3) is 0.250. The fourth-order valence-corrected chi connectivity index (χ4v) is 4.05. The maximum atomic E-state index is 12.6. The molecule has 8 nitrogen and oxygen atoms in total. The molecule has 0 aromatic heterocycles. The summed E-state index contributed by atoms with van der Waals surface area (Å²) in [5.41, 5.74) is 4.22. The summed E-state index contributed by atoms with van der Waals surface area (Å²) in [4.78, 5) is 25.2. The molecule has 10 heteroatoms.